The second kappa shape index (κ2) is 8.87. The Kier molecular flexibility index (Phi) is 7.42. The third kappa shape index (κ3) is 5.15. The maximum Gasteiger partial charge on any atom is 0.239 e. The van der Waals surface area contributed by atoms with Crippen LogP contribution in [0.4, 0.5) is 11.8 Å². The van der Waals surface area contributed by atoms with E-state index in [1.807, 2.05) is 4.90 Å². The Morgan fingerprint density at radius 1 is 1.32 bits per heavy atom. The lowest BCUT2D eigenvalue weighted by molar-refractivity contribution is 0.191. The summed E-state index contributed by atoms with van der Waals surface area (Å²) in [5.41, 5.74) is 2.41. The SMILES string of the molecule is COCCCN(CCOC)c1nc(NN)ncc1Cl. The summed E-state index contributed by atoms with van der Waals surface area (Å²) in [7, 11) is 3.33. The monoisotopic (exact) mass is 289 g/mol. The molecule has 0 unspecified atom stereocenters. The molecule has 0 amide bonds. The van der Waals surface area contributed by atoms with E-state index in [0.29, 0.717) is 36.5 Å². The Bertz CT molecular complexity index is 380. The van der Waals surface area contributed by atoms with Crippen molar-refractivity contribution in [1.82, 2.24) is 9.97 Å². The summed E-state index contributed by atoms with van der Waals surface area (Å²) in [6.07, 6.45) is 2.39. The smallest absolute Gasteiger partial charge is 0.239 e. The highest BCUT2D eigenvalue weighted by Gasteiger charge is 2.13. The first kappa shape index (κ1) is 15.9. The Morgan fingerprint density at radius 2 is 2.05 bits per heavy atom. The Hall–Kier alpha value is -1.15. The van der Waals surface area contributed by atoms with E-state index in [-0.39, 0.29) is 0 Å². The highest BCUT2D eigenvalue weighted by atomic mass is 35.5. The van der Waals surface area contributed by atoms with Crippen molar-refractivity contribution >= 4 is 23.4 Å². The molecule has 7 nitrogen and oxygen atoms in total. The van der Waals surface area contributed by atoms with Gasteiger partial charge >= 0.3 is 0 Å². The highest BCUT2D eigenvalue weighted by Crippen LogP contribution is 2.23. The number of nitrogens with one attached hydrogen (secondary N) is 1. The van der Waals surface area contributed by atoms with Gasteiger partial charge in [-0.15, -0.1) is 0 Å². The van der Waals surface area contributed by atoms with Crippen LogP contribution in [0.15, 0.2) is 6.20 Å². The third-order valence-corrected chi connectivity index (χ3v) is 2.76. The van der Waals surface area contributed by atoms with Gasteiger partial charge in [-0.3, -0.25) is 5.43 Å². The van der Waals surface area contributed by atoms with E-state index in [1.165, 1.54) is 6.20 Å². The molecule has 0 aromatic carbocycles. The van der Waals surface area contributed by atoms with Crippen molar-refractivity contribution in [2.24, 2.45) is 5.84 Å². The zero-order valence-corrected chi connectivity index (χ0v) is 12.0. The van der Waals surface area contributed by atoms with Gasteiger partial charge in [0.1, 0.15) is 5.02 Å². The fraction of sp³-hybridized carbons (Fsp3) is 0.636. The lowest BCUT2D eigenvalue weighted by atomic mass is 10.3. The molecular formula is C11H20ClN5O2. The summed E-state index contributed by atoms with van der Waals surface area (Å²) < 4.78 is 10.1. The van der Waals surface area contributed by atoms with Gasteiger partial charge in [-0.25, -0.2) is 10.8 Å². The number of rotatable bonds is 9. The summed E-state index contributed by atoms with van der Waals surface area (Å²) in [6, 6.07) is 0. The minimum absolute atomic E-state index is 0.327. The average Bonchev–Trinajstić information content (AvgIpc) is 2.43. The van der Waals surface area contributed by atoms with Gasteiger partial charge < -0.3 is 14.4 Å². The van der Waals surface area contributed by atoms with Crippen molar-refractivity contribution < 1.29 is 9.47 Å². The quantitative estimate of drug-likeness (QED) is 0.397. The van der Waals surface area contributed by atoms with Crippen LogP contribution in [0.5, 0.6) is 0 Å². The van der Waals surface area contributed by atoms with Gasteiger partial charge in [0.05, 0.1) is 12.8 Å². The number of hydrogen-bond donors (Lipinski definition) is 2. The van der Waals surface area contributed by atoms with E-state index in [0.717, 1.165) is 13.0 Å². The van der Waals surface area contributed by atoms with Crippen molar-refractivity contribution in [2.75, 3.05) is 50.8 Å². The lowest BCUT2D eigenvalue weighted by Crippen LogP contribution is -2.30. The third-order valence-electron chi connectivity index (χ3n) is 2.50. The molecular weight excluding hydrogens is 270 g/mol. The van der Waals surface area contributed by atoms with Crippen molar-refractivity contribution in [3.05, 3.63) is 11.2 Å². The molecule has 0 aliphatic heterocycles. The molecule has 0 saturated heterocycles. The van der Waals surface area contributed by atoms with Gasteiger partial charge in [0, 0.05) is 33.9 Å². The van der Waals surface area contributed by atoms with Crippen LogP contribution in [0.1, 0.15) is 6.42 Å². The molecule has 1 heterocycles. The maximum atomic E-state index is 6.13. The van der Waals surface area contributed by atoms with Crippen LogP contribution in [0.25, 0.3) is 0 Å². The summed E-state index contributed by atoms with van der Waals surface area (Å²) in [5, 5.41) is 0.479. The molecule has 8 heteroatoms. The molecule has 0 atom stereocenters. The van der Waals surface area contributed by atoms with Gasteiger partial charge in [0.2, 0.25) is 5.95 Å². The molecule has 1 aromatic heterocycles. The largest absolute Gasteiger partial charge is 0.385 e. The molecule has 108 valence electrons. The predicted octanol–water partition coefficient (Wildman–Crippen LogP) is 0.905. The zero-order chi connectivity index (χ0) is 14.1. The molecule has 0 spiro atoms. The van der Waals surface area contributed by atoms with Crippen LogP contribution < -0.4 is 16.2 Å². The molecule has 0 aliphatic carbocycles. The topological polar surface area (TPSA) is 85.5 Å². The second-order valence-corrected chi connectivity index (χ2v) is 4.24. The van der Waals surface area contributed by atoms with Crippen molar-refractivity contribution in [3.63, 3.8) is 0 Å². The lowest BCUT2D eigenvalue weighted by Gasteiger charge is -2.24. The van der Waals surface area contributed by atoms with E-state index in [9.17, 15) is 0 Å². The number of nitrogen functional groups attached to an aromatic ring is 1. The van der Waals surface area contributed by atoms with Gasteiger partial charge in [-0.05, 0) is 6.42 Å². The molecule has 3 N–H and O–H groups in total. The predicted molar refractivity (Wildman–Crippen MR) is 75.4 cm³/mol. The van der Waals surface area contributed by atoms with E-state index in [1.54, 1.807) is 14.2 Å². The normalized spacial score (nSPS) is 10.5. The molecule has 0 radical (unpaired) electrons. The van der Waals surface area contributed by atoms with Crippen LogP contribution in [-0.2, 0) is 9.47 Å². The van der Waals surface area contributed by atoms with Crippen molar-refractivity contribution in [3.8, 4) is 0 Å². The molecule has 1 rings (SSSR count). The van der Waals surface area contributed by atoms with E-state index in [4.69, 9.17) is 26.9 Å². The number of methoxy groups -OCH3 is 2. The van der Waals surface area contributed by atoms with Crippen molar-refractivity contribution in [2.45, 2.75) is 6.42 Å². The average molecular weight is 290 g/mol. The zero-order valence-electron chi connectivity index (χ0n) is 11.2. The van der Waals surface area contributed by atoms with Crippen LogP contribution in [0.2, 0.25) is 5.02 Å². The number of hydrazine groups is 1. The van der Waals surface area contributed by atoms with E-state index >= 15 is 0 Å². The minimum Gasteiger partial charge on any atom is -0.385 e. The summed E-state index contributed by atoms with van der Waals surface area (Å²) >= 11 is 6.13. The van der Waals surface area contributed by atoms with Crippen LogP contribution in [0.3, 0.4) is 0 Å². The highest BCUT2D eigenvalue weighted by molar-refractivity contribution is 6.32. The number of hydrogen-bond acceptors (Lipinski definition) is 7. The van der Waals surface area contributed by atoms with Gasteiger partial charge in [-0.1, -0.05) is 11.6 Å². The molecule has 0 fully saturated rings. The Balaban J connectivity index is 2.81. The fourth-order valence-electron chi connectivity index (χ4n) is 1.57. The minimum atomic E-state index is 0.327. The number of aromatic nitrogens is 2. The number of halogens is 1. The summed E-state index contributed by atoms with van der Waals surface area (Å²) in [6.45, 7) is 2.70. The van der Waals surface area contributed by atoms with Crippen molar-refractivity contribution in [1.29, 1.82) is 0 Å². The van der Waals surface area contributed by atoms with E-state index < -0.39 is 0 Å². The first-order valence-electron chi connectivity index (χ1n) is 5.95. The standard InChI is InChI=1S/C11H20ClN5O2/c1-18-6-3-4-17(5-7-19-2)10-9(12)8-14-11(15-10)16-13/h8H,3-7,13H2,1-2H3,(H,14,15,16). The van der Waals surface area contributed by atoms with Gasteiger partial charge in [-0.2, -0.15) is 4.98 Å². The van der Waals surface area contributed by atoms with Gasteiger partial charge in [0.15, 0.2) is 5.82 Å². The second-order valence-electron chi connectivity index (χ2n) is 3.84. The summed E-state index contributed by atoms with van der Waals surface area (Å²) in [5.74, 6) is 6.27. The number of ether oxygens (including phenoxy) is 2. The summed E-state index contributed by atoms with van der Waals surface area (Å²) in [4.78, 5) is 10.2. The first-order valence-corrected chi connectivity index (χ1v) is 6.32. The Morgan fingerprint density at radius 3 is 2.68 bits per heavy atom. The molecule has 1 aromatic rings. The first-order chi connectivity index (χ1) is 9.22. The molecule has 0 aliphatic rings. The van der Waals surface area contributed by atoms with Crippen LogP contribution in [0, 0.1) is 0 Å². The van der Waals surface area contributed by atoms with Crippen LogP contribution >= 0.6 is 11.6 Å². The van der Waals surface area contributed by atoms with E-state index in [2.05, 4.69) is 15.4 Å². The molecule has 0 bridgehead atoms. The van der Waals surface area contributed by atoms with Gasteiger partial charge in [0.25, 0.3) is 0 Å². The number of nitrogens with zero attached hydrogens (tertiary/aromatic N) is 3. The Labute approximate surface area is 118 Å². The van der Waals surface area contributed by atoms with Crippen LogP contribution in [-0.4, -0.2) is 50.5 Å². The molecule has 19 heavy (non-hydrogen) atoms. The maximum absolute atomic E-state index is 6.13. The number of anilines is 2. The number of nitrogens with two attached hydrogens (primary N) is 1. The molecule has 0 saturated carbocycles. The fourth-order valence-corrected chi connectivity index (χ4v) is 1.78.